The highest BCUT2D eigenvalue weighted by Crippen LogP contribution is 2.21. The summed E-state index contributed by atoms with van der Waals surface area (Å²) in [6.07, 6.45) is 0.653. The fourth-order valence-electron chi connectivity index (χ4n) is 4.01. The number of carbonyl (C=O) groups is 2. The first kappa shape index (κ1) is 25.5. The van der Waals surface area contributed by atoms with Gasteiger partial charge < -0.3 is 9.64 Å². The molecule has 7 nitrogen and oxygen atoms in total. The average molecular weight is 482 g/mol. The molecule has 0 spiro atoms. The van der Waals surface area contributed by atoms with Gasteiger partial charge in [0.1, 0.15) is 0 Å². The van der Waals surface area contributed by atoms with Gasteiger partial charge in [0.05, 0.1) is 29.3 Å². The molecule has 0 aliphatic rings. The van der Waals surface area contributed by atoms with Gasteiger partial charge >= 0.3 is 5.97 Å². The van der Waals surface area contributed by atoms with Crippen LogP contribution in [-0.2, 0) is 22.5 Å². The van der Waals surface area contributed by atoms with Gasteiger partial charge in [0.15, 0.2) is 5.16 Å². The first-order valence-electron chi connectivity index (χ1n) is 11.3. The minimum Gasteiger partial charge on any atom is -0.465 e. The number of benzene rings is 2. The van der Waals surface area contributed by atoms with Crippen LogP contribution in [0.5, 0.6) is 0 Å². The molecule has 0 fully saturated rings. The topological polar surface area (TPSA) is 81.5 Å². The number of nitrogens with zero attached hydrogens (tertiary/aromatic N) is 3. The Morgan fingerprint density at radius 1 is 1.06 bits per heavy atom. The number of esters is 1. The number of fused-ring (bicyclic) bond motifs is 1. The standard InChI is InChI=1S/C26H31N3O4S/c1-17(2)29(18(3)4)23(30)16-34-26-27-22-15-20(25(32)33-5)11-12-21(22)24(31)28(26)14-13-19-9-7-6-8-10-19/h6-12,15,17-18H,13-14,16H2,1-5H3. The minimum absolute atomic E-state index is 0.0118. The average Bonchev–Trinajstić information content (AvgIpc) is 2.81. The predicted octanol–water partition coefficient (Wildman–Crippen LogP) is 4.16. The lowest BCUT2D eigenvalue weighted by atomic mass is 10.1. The van der Waals surface area contributed by atoms with Crippen molar-refractivity contribution >= 4 is 34.5 Å². The number of aromatic nitrogens is 2. The number of hydrogen-bond donors (Lipinski definition) is 0. The van der Waals surface area contributed by atoms with Crippen molar-refractivity contribution in [1.29, 1.82) is 0 Å². The maximum atomic E-state index is 13.4. The largest absolute Gasteiger partial charge is 0.465 e. The molecule has 34 heavy (non-hydrogen) atoms. The van der Waals surface area contributed by atoms with E-state index >= 15 is 0 Å². The Bertz CT molecular complexity index is 1210. The molecule has 0 N–H and O–H groups in total. The van der Waals surface area contributed by atoms with E-state index in [1.807, 2.05) is 62.9 Å². The first-order valence-corrected chi connectivity index (χ1v) is 12.3. The third-order valence-electron chi connectivity index (χ3n) is 5.53. The summed E-state index contributed by atoms with van der Waals surface area (Å²) in [5, 5.41) is 0.874. The summed E-state index contributed by atoms with van der Waals surface area (Å²) < 4.78 is 6.43. The number of ether oxygens (including phenoxy) is 1. The summed E-state index contributed by atoms with van der Waals surface area (Å²) in [4.78, 5) is 44.9. The molecule has 3 rings (SSSR count). The van der Waals surface area contributed by atoms with E-state index in [1.54, 1.807) is 22.8 Å². The second-order valence-electron chi connectivity index (χ2n) is 8.59. The van der Waals surface area contributed by atoms with Gasteiger partial charge in [-0.1, -0.05) is 42.1 Å². The van der Waals surface area contributed by atoms with Gasteiger partial charge in [-0.15, -0.1) is 0 Å². The number of carbonyl (C=O) groups excluding carboxylic acids is 2. The normalized spacial score (nSPS) is 11.3. The van der Waals surface area contributed by atoms with Crippen molar-refractivity contribution in [3.05, 3.63) is 70.0 Å². The Morgan fingerprint density at radius 2 is 1.74 bits per heavy atom. The van der Waals surface area contributed by atoms with Gasteiger partial charge in [0.2, 0.25) is 5.91 Å². The molecule has 0 aliphatic carbocycles. The third-order valence-corrected chi connectivity index (χ3v) is 6.49. The highest BCUT2D eigenvalue weighted by Gasteiger charge is 2.22. The van der Waals surface area contributed by atoms with Crippen LogP contribution in [0.2, 0.25) is 0 Å². The first-order chi connectivity index (χ1) is 16.2. The van der Waals surface area contributed by atoms with E-state index in [0.29, 0.717) is 34.6 Å². The van der Waals surface area contributed by atoms with Crippen LogP contribution in [0.1, 0.15) is 43.6 Å². The summed E-state index contributed by atoms with van der Waals surface area (Å²) in [7, 11) is 1.31. The second kappa shape index (κ2) is 11.3. The molecule has 8 heteroatoms. The zero-order chi connectivity index (χ0) is 24.8. The third kappa shape index (κ3) is 5.86. The Hall–Kier alpha value is -3.13. The van der Waals surface area contributed by atoms with E-state index in [4.69, 9.17) is 9.72 Å². The molecular weight excluding hydrogens is 450 g/mol. The maximum absolute atomic E-state index is 13.4. The van der Waals surface area contributed by atoms with Gasteiger partial charge in [-0.3, -0.25) is 14.2 Å². The molecule has 0 radical (unpaired) electrons. The SMILES string of the molecule is COC(=O)c1ccc2c(=O)n(CCc3ccccc3)c(SCC(=O)N(C(C)C)C(C)C)nc2c1. The molecule has 0 saturated heterocycles. The van der Waals surface area contributed by atoms with E-state index in [-0.39, 0.29) is 29.3 Å². The van der Waals surface area contributed by atoms with Crippen molar-refractivity contribution in [3.8, 4) is 0 Å². The van der Waals surface area contributed by atoms with Crippen LogP contribution in [0.4, 0.5) is 0 Å². The van der Waals surface area contributed by atoms with Gasteiger partial charge in [-0.25, -0.2) is 9.78 Å². The predicted molar refractivity (Wildman–Crippen MR) is 135 cm³/mol. The van der Waals surface area contributed by atoms with E-state index in [1.165, 1.54) is 18.9 Å². The van der Waals surface area contributed by atoms with Crippen LogP contribution >= 0.6 is 11.8 Å². The number of methoxy groups -OCH3 is 1. The molecule has 0 aliphatic heterocycles. The van der Waals surface area contributed by atoms with Gasteiger partial charge in [-0.2, -0.15) is 0 Å². The zero-order valence-electron chi connectivity index (χ0n) is 20.3. The number of hydrogen-bond acceptors (Lipinski definition) is 6. The lowest BCUT2D eigenvalue weighted by Crippen LogP contribution is -2.43. The summed E-state index contributed by atoms with van der Waals surface area (Å²) >= 11 is 1.25. The highest BCUT2D eigenvalue weighted by molar-refractivity contribution is 7.99. The van der Waals surface area contributed by atoms with E-state index < -0.39 is 5.97 Å². The van der Waals surface area contributed by atoms with Crippen LogP contribution in [0.25, 0.3) is 10.9 Å². The van der Waals surface area contributed by atoms with Crippen molar-refractivity contribution in [1.82, 2.24) is 14.5 Å². The van der Waals surface area contributed by atoms with E-state index in [2.05, 4.69) is 0 Å². The Morgan fingerprint density at radius 3 is 2.35 bits per heavy atom. The van der Waals surface area contributed by atoms with Crippen molar-refractivity contribution in [2.45, 2.75) is 57.9 Å². The number of rotatable bonds is 9. The molecule has 0 atom stereocenters. The number of thioether (sulfide) groups is 1. The molecule has 0 bridgehead atoms. The van der Waals surface area contributed by atoms with Crippen LogP contribution in [0.15, 0.2) is 58.5 Å². The molecule has 1 aromatic heterocycles. The lowest BCUT2D eigenvalue weighted by molar-refractivity contribution is -0.131. The van der Waals surface area contributed by atoms with E-state index in [0.717, 1.165) is 5.56 Å². The molecule has 180 valence electrons. The second-order valence-corrected chi connectivity index (χ2v) is 9.53. The van der Waals surface area contributed by atoms with Crippen molar-refractivity contribution in [2.75, 3.05) is 12.9 Å². The summed E-state index contributed by atoms with van der Waals surface area (Å²) in [5.41, 5.74) is 1.63. The Balaban J connectivity index is 1.99. The smallest absolute Gasteiger partial charge is 0.337 e. The Kier molecular flexibility index (Phi) is 8.50. The Labute approximate surface area is 204 Å². The molecule has 1 heterocycles. The minimum atomic E-state index is -0.495. The number of amides is 1. The monoisotopic (exact) mass is 481 g/mol. The molecule has 1 amide bonds. The van der Waals surface area contributed by atoms with Crippen LogP contribution in [0.3, 0.4) is 0 Å². The van der Waals surface area contributed by atoms with Crippen LogP contribution < -0.4 is 5.56 Å². The van der Waals surface area contributed by atoms with Crippen molar-refractivity contribution < 1.29 is 14.3 Å². The quantitative estimate of drug-likeness (QED) is 0.259. The molecular formula is C26H31N3O4S. The fraction of sp³-hybridized carbons (Fsp3) is 0.385. The summed E-state index contributed by atoms with van der Waals surface area (Å²) in [6, 6.07) is 14.8. The van der Waals surface area contributed by atoms with Crippen molar-refractivity contribution in [2.24, 2.45) is 0 Å². The molecule has 0 unspecified atom stereocenters. The zero-order valence-corrected chi connectivity index (χ0v) is 21.1. The van der Waals surface area contributed by atoms with Crippen LogP contribution in [0, 0.1) is 0 Å². The summed E-state index contributed by atoms with van der Waals surface area (Å²) in [6.45, 7) is 8.38. The maximum Gasteiger partial charge on any atom is 0.337 e. The summed E-state index contributed by atoms with van der Waals surface area (Å²) in [5.74, 6) is -0.343. The molecule has 0 saturated carbocycles. The fourth-order valence-corrected chi connectivity index (χ4v) is 4.91. The number of aryl methyl sites for hydroxylation is 1. The van der Waals surface area contributed by atoms with Gasteiger partial charge in [0.25, 0.3) is 5.56 Å². The van der Waals surface area contributed by atoms with Crippen molar-refractivity contribution in [3.63, 3.8) is 0 Å². The highest BCUT2D eigenvalue weighted by atomic mass is 32.2. The van der Waals surface area contributed by atoms with E-state index in [9.17, 15) is 14.4 Å². The van der Waals surface area contributed by atoms with Gasteiger partial charge in [0, 0.05) is 18.6 Å². The van der Waals surface area contributed by atoms with Crippen LogP contribution in [-0.4, -0.2) is 51.3 Å². The molecule has 3 aromatic rings. The van der Waals surface area contributed by atoms with Gasteiger partial charge in [-0.05, 0) is 57.9 Å². The molecule has 2 aromatic carbocycles. The lowest BCUT2D eigenvalue weighted by Gasteiger charge is -2.30.